The lowest BCUT2D eigenvalue weighted by Crippen LogP contribution is -2.28. The molecule has 1 fully saturated rings. The quantitative estimate of drug-likeness (QED) is 0.887. The summed E-state index contributed by atoms with van der Waals surface area (Å²) in [4.78, 5) is 12.0. The number of nitrogens with one attached hydrogen (secondary N) is 1. The van der Waals surface area contributed by atoms with Gasteiger partial charge in [-0.25, -0.2) is 4.68 Å². The van der Waals surface area contributed by atoms with E-state index in [1.165, 1.54) is 0 Å². The summed E-state index contributed by atoms with van der Waals surface area (Å²) < 4.78 is 7.48. The Morgan fingerprint density at radius 2 is 2.12 bits per heavy atom. The topological polar surface area (TPSA) is 56.2 Å². The minimum absolute atomic E-state index is 0.0619. The fourth-order valence-electron chi connectivity index (χ4n) is 3.14. The van der Waals surface area contributed by atoms with Crippen molar-refractivity contribution in [1.29, 1.82) is 0 Å². The van der Waals surface area contributed by atoms with Crippen LogP contribution in [0.2, 0.25) is 0 Å². The van der Waals surface area contributed by atoms with Crippen molar-refractivity contribution in [2.24, 2.45) is 0 Å². The van der Waals surface area contributed by atoms with E-state index in [1.54, 1.807) is 0 Å². The number of aromatic nitrogens is 2. The summed E-state index contributed by atoms with van der Waals surface area (Å²) in [6, 6.07) is 10.1. The van der Waals surface area contributed by atoms with Crippen LogP contribution >= 0.6 is 0 Å². The van der Waals surface area contributed by atoms with Crippen LogP contribution < -0.4 is 5.32 Å². The van der Waals surface area contributed by atoms with Crippen molar-refractivity contribution >= 4 is 5.91 Å². The van der Waals surface area contributed by atoms with Crippen molar-refractivity contribution in [3.63, 3.8) is 0 Å². The number of nitrogens with zero attached hydrogens (tertiary/aromatic N) is 2. The summed E-state index contributed by atoms with van der Waals surface area (Å²) in [6.45, 7) is 5.57. The molecule has 3 rings (SSSR count). The molecular weight excluding hydrogens is 302 g/mol. The number of benzene rings is 1. The van der Waals surface area contributed by atoms with E-state index < -0.39 is 0 Å². The van der Waals surface area contributed by atoms with E-state index in [0.717, 1.165) is 48.5 Å². The maximum absolute atomic E-state index is 12.0. The molecule has 2 aromatic rings. The van der Waals surface area contributed by atoms with E-state index in [9.17, 15) is 4.79 Å². The molecule has 1 aromatic heterocycles. The van der Waals surface area contributed by atoms with E-state index >= 15 is 0 Å². The number of aryl methyl sites for hydroxylation is 2. The molecule has 0 radical (unpaired) electrons. The molecule has 1 amide bonds. The smallest absolute Gasteiger partial charge is 0.224 e. The summed E-state index contributed by atoms with van der Waals surface area (Å²) in [5, 5.41) is 7.46. The molecule has 128 valence electrons. The fraction of sp³-hybridized carbons (Fsp3) is 0.474. The second-order valence-electron chi connectivity index (χ2n) is 6.46. The standard InChI is InChI=1S/C19H25N3O2/c1-14-12-15(2)22(21-14)17-7-5-16(6-8-17)13-19(23)20-10-9-18-4-3-11-24-18/h5-8,12,18H,3-4,9-11,13H2,1-2H3,(H,20,23)/t18-/m0/s1. The SMILES string of the molecule is Cc1cc(C)n(-c2ccc(CC(=O)NCC[C@@H]3CCCO3)cc2)n1. The molecule has 0 bridgehead atoms. The predicted molar refractivity (Wildman–Crippen MR) is 93.3 cm³/mol. The highest BCUT2D eigenvalue weighted by molar-refractivity contribution is 5.78. The van der Waals surface area contributed by atoms with Gasteiger partial charge in [-0.1, -0.05) is 12.1 Å². The van der Waals surface area contributed by atoms with Crippen LogP contribution in [0.4, 0.5) is 0 Å². The van der Waals surface area contributed by atoms with Crippen LogP contribution in [0.3, 0.4) is 0 Å². The predicted octanol–water partition coefficient (Wildman–Crippen LogP) is 2.72. The Balaban J connectivity index is 1.50. The first-order valence-electron chi connectivity index (χ1n) is 8.63. The normalized spacial score (nSPS) is 17.2. The Bertz CT molecular complexity index is 685. The van der Waals surface area contributed by atoms with Gasteiger partial charge in [0.1, 0.15) is 0 Å². The van der Waals surface area contributed by atoms with Gasteiger partial charge in [-0.15, -0.1) is 0 Å². The molecule has 0 saturated carbocycles. The van der Waals surface area contributed by atoms with Crippen molar-refractivity contribution in [2.45, 2.75) is 45.6 Å². The van der Waals surface area contributed by atoms with Gasteiger partial charge < -0.3 is 10.1 Å². The third-order valence-electron chi connectivity index (χ3n) is 4.37. The van der Waals surface area contributed by atoms with Crippen LogP contribution in [0, 0.1) is 13.8 Å². The molecule has 2 heterocycles. The lowest BCUT2D eigenvalue weighted by Gasteiger charge is -2.10. The van der Waals surface area contributed by atoms with Crippen molar-refractivity contribution in [3.05, 3.63) is 47.3 Å². The van der Waals surface area contributed by atoms with E-state index in [0.29, 0.717) is 19.1 Å². The molecule has 1 aromatic carbocycles. The van der Waals surface area contributed by atoms with Gasteiger partial charge in [-0.2, -0.15) is 5.10 Å². The maximum Gasteiger partial charge on any atom is 0.224 e. The summed E-state index contributed by atoms with van der Waals surface area (Å²) >= 11 is 0. The van der Waals surface area contributed by atoms with Crippen molar-refractivity contribution < 1.29 is 9.53 Å². The zero-order chi connectivity index (χ0) is 16.9. The molecule has 1 aliphatic rings. The van der Waals surface area contributed by atoms with Crippen LogP contribution in [0.15, 0.2) is 30.3 Å². The molecular formula is C19H25N3O2. The van der Waals surface area contributed by atoms with E-state index in [4.69, 9.17) is 4.74 Å². The zero-order valence-electron chi connectivity index (χ0n) is 14.4. The van der Waals surface area contributed by atoms with Crippen LogP contribution in [0.1, 0.15) is 36.2 Å². The van der Waals surface area contributed by atoms with Crippen molar-refractivity contribution in [2.75, 3.05) is 13.2 Å². The average molecular weight is 327 g/mol. The van der Waals surface area contributed by atoms with Gasteiger partial charge in [0.2, 0.25) is 5.91 Å². The number of carbonyl (C=O) groups excluding carboxylic acids is 1. The first kappa shape index (κ1) is 16.7. The zero-order valence-corrected chi connectivity index (χ0v) is 14.4. The second kappa shape index (κ2) is 7.62. The lowest BCUT2D eigenvalue weighted by molar-refractivity contribution is -0.120. The van der Waals surface area contributed by atoms with Crippen molar-refractivity contribution in [3.8, 4) is 5.69 Å². The molecule has 1 saturated heterocycles. The van der Waals surface area contributed by atoms with Gasteiger partial charge >= 0.3 is 0 Å². The van der Waals surface area contributed by atoms with Crippen LogP contribution in [-0.2, 0) is 16.0 Å². The van der Waals surface area contributed by atoms with Gasteiger partial charge in [-0.05, 0) is 56.9 Å². The lowest BCUT2D eigenvalue weighted by atomic mass is 10.1. The molecule has 5 nitrogen and oxygen atoms in total. The third-order valence-corrected chi connectivity index (χ3v) is 4.37. The maximum atomic E-state index is 12.0. The molecule has 1 atom stereocenters. The first-order valence-corrected chi connectivity index (χ1v) is 8.63. The molecule has 1 N–H and O–H groups in total. The molecule has 0 spiro atoms. The molecule has 0 aliphatic carbocycles. The Kier molecular flexibility index (Phi) is 5.30. The number of hydrogen-bond donors (Lipinski definition) is 1. The summed E-state index contributed by atoms with van der Waals surface area (Å²) in [7, 11) is 0. The number of hydrogen-bond acceptors (Lipinski definition) is 3. The van der Waals surface area contributed by atoms with Gasteiger partial charge in [0.05, 0.1) is 23.9 Å². The second-order valence-corrected chi connectivity index (χ2v) is 6.46. The van der Waals surface area contributed by atoms with Crippen molar-refractivity contribution in [1.82, 2.24) is 15.1 Å². The molecule has 0 unspecified atom stereocenters. The third kappa shape index (κ3) is 4.23. The largest absolute Gasteiger partial charge is 0.378 e. The van der Waals surface area contributed by atoms with E-state index in [2.05, 4.69) is 16.5 Å². The van der Waals surface area contributed by atoms with E-state index in [1.807, 2.05) is 42.8 Å². The molecule has 1 aliphatic heterocycles. The van der Waals surface area contributed by atoms with Crippen LogP contribution in [-0.4, -0.2) is 34.9 Å². The minimum atomic E-state index is 0.0619. The minimum Gasteiger partial charge on any atom is -0.378 e. The van der Waals surface area contributed by atoms with Gasteiger partial charge in [-0.3, -0.25) is 4.79 Å². The average Bonchev–Trinajstić information content (AvgIpc) is 3.18. The number of ether oxygens (including phenoxy) is 1. The van der Waals surface area contributed by atoms with Crippen LogP contribution in [0.5, 0.6) is 0 Å². The van der Waals surface area contributed by atoms with Gasteiger partial charge in [0, 0.05) is 18.8 Å². The highest BCUT2D eigenvalue weighted by Gasteiger charge is 2.15. The number of amides is 1. The Morgan fingerprint density at radius 1 is 1.33 bits per heavy atom. The first-order chi connectivity index (χ1) is 11.6. The molecule has 5 heteroatoms. The summed E-state index contributed by atoms with van der Waals surface area (Å²) in [5.74, 6) is 0.0619. The Labute approximate surface area is 143 Å². The monoisotopic (exact) mass is 327 g/mol. The van der Waals surface area contributed by atoms with Crippen LogP contribution in [0.25, 0.3) is 5.69 Å². The number of rotatable bonds is 6. The number of carbonyl (C=O) groups is 1. The fourth-order valence-corrected chi connectivity index (χ4v) is 3.14. The van der Waals surface area contributed by atoms with Gasteiger partial charge in [0.25, 0.3) is 0 Å². The molecule has 24 heavy (non-hydrogen) atoms. The summed E-state index contributed by atoms with van der Waals surface area (Å²) in [5.41, 5.74) is 4.13. The Morgan fingerprint density at radius 3 is 2.75 bits per heavy atom. The van der Waals surface area contributed by atoms with E-state index in [-0.39, 0.29) is 5.91 Å². The highest BCUT2D eigenvalue weighted by atomic mass is 16.5. The Hall–Kier alpha value is -2.14. The van der Waals surface area contributed by atoms with Gasteiger partial charge in [0.15, 0.2) is 0 Å². The highest BCUT2D eigenvalue weighted by Crippen LogP contribution is 2.15. The summed E-state index contributed by atoms with van der Waals surface area (Å²) in [6.07, 6.45) is 3.89.